The van der Waals surface area contributed by atoms with E-state index in [9.17, 15) is 4.39 Å². The van der Waals surface area contributed by atoms with Gasteiger partial charge in [-0.25, -0.2) is 4.39 Å². The summed E-state index contributed by atoms with van der Waals surface area (Å²) in [4.78, 5) is 4.28. The molecule has 2 rings (SSSR count). The summed E-state index contributed by atoms with van der Waals surface area (Å²) in [5.74, 6) is -0.0567. The number of nitrogens with two attached hydrogens (primary N) is 1. The monoisotopic (exact) mass is 300 g/mol. The SMILES string of the molecule is N/C(CN1CCN(Cc2ccc(Cl)cc2F)CC1)=N/O. The number of hydrogen-bond donors (Lipinski definition) is 2. The molecule has 0 saturated carbocycles. The lowest BCUT2D eigenvalue weighted by atomic mass is 10.2. The van der Waals surface area contributed by atoms with Gasteiger partial charge in [-0.05, 0) is 12.1 Å². The smallest absolute Gasteiger partial charge is 0.153 e. The Morgan fingerprint density at radius 2 is 1.95 bits per heavy atom. The van der Waals surface area contributed by atoms with E-state index < -0.39 is 0 Å². The van der Waals surface area contributed by atoms with Crippen molar-refractivity contribution in [2.45, 2.75) is 6.54 Å². The predicted octanol–water partition coefficient (Wildman–Crippen LogP) is 1.34. The lowest BCUT2D eigenvalue weighted by Gasteiger charge is -2.34. The van der Waals surface area contributed by atoms with Crippen molar-refractivity contribution in [3.8, 4) is 0 Å². The summed E-state index contributed by atoms with van der Waals surface area (Å²) >= 11 is 5.74. The number of oxime groups is 1. The van der Waals surface area contributed by atoms with E-state index in [0.717, 1.165) is 26.2 Å². The fourth-order valence-corrected chi connectivity index (χ4v) is 2.42. The van der Waals surface area contributed by atoms with Crippen LogP contribution in [0.1, 0.15) is 5.56 Å². The first-order valence-electron chi connectivity index (χ1n) is 6.43. The van der Waals surface area contributed by atoms with Crippen molar-refractivity contribution < 1.29 is 9.60 Å². The molecule has 5 nitrogen and oxygen atoms in total. The van der Waals surface area contributed by atoms with E-state index in [1.807, 2.05) is 0 Å². The zero-order chi connectivity index (χ0) is 14.5. The van der Waals surface area contributed by atoms with E-state index in [1.54, 1.807) is 12.1 Å². The third-order valence-corrected chi connectivity index (χ3v) is 3.62. The Hall–Kier alpha value is -1.37. The molecule has 1 heterocycles. The van der Waals surface area contributed by atoms with Gasteiger partial charge >= 0.3 is 0 Å². The van der Waals surface area contributed by atoms with Crippen LogP contribution in [0.15, 0.2) is 23.4 Å². The highest BCUT2D eigenvalue weighted by Crippen LogP contribution is 2.17. The van der Waals surface area contributed by atoms with Crippen LogP contribution in [-0.4, -0.2) is 53.6 Å². The Bertz CT molecular complexity index is 489. The molecule has 0 spiro atoms. The first-order valence-corrected chi connectivity index (χ1v) is 6.81. The second-order valence-electron chi connectivity index (χ2n) is 4.88. The van der Waals surface area contributed by atoms with Crippen molar-refractivity contribution >= 4 is 17.4 Å². The van der Waals surface area contributed by atoms with Gasteiger partial charge in [-0.3, -0.25) is 9.80 Å². The van der Waals surface area contributed by atoms with E-state index in [4.69, 9.17) is 22.5 Å². The molecule has 1 aliphatic heterocycles. The Kier molecular flexibility index (Phi) is 5.17. The molecule has 20 heavy (non-hydrogen) atoms. The third-order valence-electron chi connectivity index (χ3n) is 3.39. The number of rotatable bonds is 4. The summed E-state index contributed by atoms with van der Waals surface area (Å²) in [5.41, 5.74) is 6.13. The van der Waals surface area contributed by atoms with Gasteiger partial charge in [-0.1, -0.05) is 22.8 Å². The molecule has 1 aromatic rings. The first-order chi connectivity index (χ1) is 9.58. The normalized spacial score (nSPS) is 18.4. The molecular formula is C13H18ClFN4O. The van der Waals surface area contributed by atoms with E-state index in [-0.39, 0.29) is 11.7 Å². The fourth-order valence-electron chi connectivity index (χ4n) is 2.26. The molecule has 3 N–H and O–H groups in total. The molecule has 110 valence electrons. The number of piperazine rings is 1. The number of halogens is 2. The van der Waals surface area contributed by atoms with Gasteiger partial charge < -0.3 is 10.9 Å². The molecule has 1 aliphatic rings. The molecule has 0 amide bonds. The van der Waals surface area contributed by atoms with Crippen LogP contribution in [0, 0.1) is 5.82 Å². The maximum absolute atomic E-state index is 13.7. The predicted molar refractivity (Wildman–Crippen MR) is 76.5 cm³/mol. The molecule has 7 heteroatoms. The number of amidine groups is 1. The standard InChI is InChI=1S/C13H18ClFN4O/c14-11-2-1-10(12(15)7-11)8-18-3-5-19(6-4-18)9-13(16)17-20/h1-2,7,20H,3-6,8-9H2,(H2,16,17). The minimum absolute atomic E-state index is 0.210. The Balaban J connectivity index is 1.85. The highest BCUT2D eigenvalue weighted by atomic mass is 35.5. The van der Waals surface area contributed by atoms with E-state index in [1.165, 1.54) is 6.07 Å². The minimum Gasteiger partial charge on any atom is -0.409 e. The van der Waals surface area contributed by atoms with Crippen LogP contribution in [0.5, 0.6) is 0 Å². The first kappa shape index (κ1) is 15.0. The third kappa shape index (κ3) is 4.06. The molecule has 1 aromatic carbocycles. The van der Waals surface area contributed by atoms with Crippen LogP contribution < -0.4 is 5.73 Å². The second-order valence-corrected chi connectivity index (χ2v) is 5.32. The van der Waals surface area contributed by atoms with Gasteiger partial charge in [-0.15, -0.1) is 0 Å². The highest BCUT2D eigenvalue weighted by Gasteiger charge is 2.18. The molecule has 1 saturated heterocycles. The Morgan fingerprint density at radius 1 is 1.30 bits per heavy atom. The zero-order valence-electron chi connectivity index (χ0n) is 11.1. The van der Waals surface area contributed by atoms with E-state index >= 15 is 0 Å². The summed E-state index contributed by atoms with van der Waals surface area (Å²) in [6.07, 6.45) is 0. The van der Waals surface area contributed by atoms with Crippen LogP contribution in [0.2, 0.25) is 5.02 Å². The van der Waals surface area contributed by atoms with Crippen LogP contribution >= 0.6 is 11.6 Å². The molecule has 0 bridgehead atoms. The van der Waals surface area contributed by atoms with Crippen molar-refractivity contribution in [2.75, 3.05) is 32.7 Å². The van der Waals surface area contributed by atoms with Gasteiger partial charge in [0.05, 0.1) is 6.54 Å². The molecular weight excluding hydrogens is 283 g/mol. The van der Waals surface area contributed by atoms with Gasteiger partial charge in [0.2, 0.25) is 0 Å². The van der Waals surface area contributed by atoms with Crippen LogP contribution in [0.3, 0.4) is 0 Å². The maximum atomic E-state index is 13.7. The number of nitrogens with zero attached hydrogens (tertiary/aromatic N) is 3. The number of benzene rings is 1. The van der Waals surface area contributed by atoms with Crippen LogP contribution in [0.4, 0.5) is 4.39 Å². The van der Waals surface area contributed by atoms with E-state index in [2.05, 4.69) is 15.0 Å². The van der Waals surface area contributed by atoms with Gasteiger partial charge in [0.1, 0.15) is 5.82 Å². The van der Waals surface area contributed by atoms with Crippen molar-refractivity contribution in [1.82, 2.24) is 9.80 Å². The lowest BCUT2D eigenvalue weighted by Crippen LogP contribution is -2.48. The average Bonchev–Trinajstić information content (AvgIpc) is 2.44. The van der Waals surface area contributed by atoms with Crippen LogP contribution in [-0.2, 0) is 6.54 Å². The van der Waals surface area contributed by atoms with Gasteiger partial charge in [0, 0.05) is 43.3 Å². The average molecular weight is 301 g/mol. The van der Waals surface area contributed by atoms with Crippen molar-refractivity contribution in [1.29, 1.82) is 0 Å². The molecule has 0 radical (unpaired) electrons. The summed E-state index contributed by atoms with van der Waals surface area (Å²) in [7, 11) is 0. The molecule has 0 aliphatic carbocycles. The highest BCUT2D eigenvalue weighted by molar-refractivity contribution is 6.30. The summed E-state index contributed by atoms with van der Waals surface area (Å²) in [6.45, 7) is 4.29. The van der Waals surface area contributed by atoms with Crippen molar-refractivity contribution in [3.63, 3.8) is 0 Å². The quantitative estimate of drug-likeness (QED) is 0.381. The van der Waals surface area contributed by atoms with Gasteiger partial charge in [0.15, 0.2) is 5.84 Å². The molecule has 0 unspecified atom stereocenters. The summed E-state index contributed by atoms with van der Waals surface area (Å²) < 4.78 is 13.7. The van der Waals surface area contributed by atoms with Gasteiger partial charge in [-0.2, -0.15) is 0 Å². The fraction of sp³-hybridized carbons (Fsp3) is 0.462. The van der Waals surface area contributed by atoms with Crippen molar-refractivity contribution in [2.24, 2.45) is 10.9 Å². The van der Waals surface area contributed by atoms with Crippen molar-refractivity contribution in [3.05, 3.63) is 34.6 Å². The van der Waals surface area contributed by atoms with Gasteiger partial charge in [0.25, 0.3) is 0 Å². The molecule has 0 aromatic heterocycles. The van der Waals surface area contributed by atoms with E-state index in [0.29, 0.717) is 23.7 Å². The topological polar surface area (TPSA) is 65.1 Å². The Morgan fingerprint density at radius 3 is 2.55 bits per heavy atom. The summed E-state index contributed by atoms with van der Waals surface area (Å²) in [5, 5.41) is 11.9. The zero-order valence-corrected chi connectivity index (χ0v) is 11.9. The minimum atomic E-state index is -0.267. The lowest BCUT2D eigenvalue weighted by molar-refractivity contribution is 0.138. The largest absolute Gasteiger partial charge is 0.409 e. The maximum Gasteiger partial charge on any atom is 0.153 e. The Labute approximate surface area is 122 Å². The van der Waals surface area contributed by atoms with Crippen LogP contribution in [0.25, 0.3) is 0 Å². The molecule has 1 fully saturated rings. The second kappa shape index (κ2) is 6.88. The number of hydrogen-bond acceptors (Lipinski definition) is 4. The summed E-state index contributed by atoms with van der Waals surface area (Å²) in [6, 6.07) is 4.76. The molecule has 0 atom stereocenters.